The molecule has 0 radical (unpaired) electrons. The maximum atomic E-state index is 13.2. The Hall–Kier alpha value is -3.51. The van der Waals surface area contributed by atoms with Crippen molar-refractivity contribution >= 4 is 28.2 Å². The number of thiazole rings is 1. The van der Waals surface area contributed by atoms with Gasteiger partial charge < -0.3 is 0 Å². The number of pyridine rings is 1. The summed E-state index contributed by atoms with van der Waals surface area (Å²) in [5, 5.41) is 0.726. The molecule has 1 fully saturated rings. The summed E-state index contributed by atoms with van der Waals surface area (Å²) in [6.45, 7) is 5.32. The predicted molar refractivity (Wildman–Crippen MR) is 127 cm³/mol. The summed E-state index contributed by atoms with van der Waals surface area (Å²) in [6.07, 6.45) is 1.82. The first-order chi connectivity index (χ1) is 15.1. The van der Waals surface area contributed by atoms with Crippen LogP contribution in [0.1, 0.15) is 11.3 Å². The first-order valence-electron chi connectivity index (χ1n) is 10.2. The van der Waals surface area contributed by atoms with Gasteiger partial charge in [0.2, 0.25) is 0 Å². The standard InChI is InChI=1S/C25H22N4OS/c1-17-7-6-8-19(15-17)22-23(20-11-12-26-18(2)16-20)31-24(27-22)29-14-13-28(25(29)30)21-9-4-3-5-10-21/h3-12,15-16H,13-14H2,1-2H3. The summed E-state index contributed by atoms with van der Waals surface area (Å²) in [7, 11) is 0. The number of carbonyl (C=O) groups excluding carboxylic acids is 1. The molecule has 4 aromatic rings. The van der Waals surface area contributed by atoms with E-state index in [-0.39, 0.29) is 6.03 Å². The third-order valence-corrected chi connectivity index (χ3v) is 6.50. The molecule has 2 aromatic carbocycles. The van der Waals surface area contributed by atoms with Gasteiger partial charge in [-0.3, -0.25) is 14.8 Å². The van der Waals surface area contributed by atoms with E-state index in [0.717, 1.165) is 38.2 Å². The lowest BCUT2D eigenvalue weighted by molar-refractivity contribution is 0.256. The Morgan fingerprint density at radius 3 is 2.45 bits per heavy atom. The average molecular weight is 427 g/mol. The number of para-hydroxylation sites is 1. The molecule has 0 N–H and O–H groups in total. The zero-order chi connectivity index (χ0) is 21.4. The zero-order valence-electron chi connectivity index (χ0n) is 17.4. The Kier molecular flexibility index (Phi) is 5.00. The Morgan fingerprint density at radius 1 is 0.871 bits per heavy atom. The van der Waals surface area contributed by atoms with Gasteiger partial charge in [-0.15, -0.1) is 0 Å². The van der Waals surface area contributed by atoms with E-state index in [4.69, 9.17) is 4.98 Å². The van der Waals surface area contributed by atoms with Crippen LogP contribution in [0, 0.1) is 13.8 Å². The lowest BCUT2D eigenvalue weighted by Gasteiger charge is -2.16. The van der Waals surface area contributed by atoms with Crippen molar-refractivity contribution < 1.29 is 4.79 Å². The molecule has 0 saturated carbocycles. The molecule has 1 aliphatic rings. The van der Waals surface area contributed by atoms with E-state index in [0.29, 0.717) is 13.1 Å². The van der Waals surface area contributed by atoms with Crippen LogP contribution >= 0.6 is 11.3 Å². The third kappa shape index (κ3) is 3.70. The second-order valence-electron chi connectivity index (χ2n) is 7.65. The lowest BCUT2D eigenvalue weighted by Crippen LogP contribution is -2.31. The lowest BCUT2D eigenvalue weighted by atomic mass is 10.1. The minimum atomic E-state index is -0.0341. The smallest absolute Gasteiger partial charge is 0.292 e. The number of rotatable bonds is 4. The molecule has 3 heterocycles. The van der Waals surface area contributed by atoms with E-state index in [1.807, 2.05) is 60.5 Å². The van der Waals surface area contributed by atoms with Gasteiger partial charge in [-0.05, 0) is 49.7 Å². The topological polar surface area (TPSA) is 49.3 Å². The molecule has 0 unspecified atom stereocenters. The second kappa shape index (κ2) is 7.96. The number of anilines is 2. The molecule has 0 bridgehead atoms. The Morgan fingerprint density at radius 2 is 1.68 bits per heavy atom. The van der Waals surface area contributed by atoms with Crippen LogP contribution < -0.4 is 9.80 Å². The van der Waals surface area contributed by atoms with Crippen molar-refractivity contribution in [1.82, 2.24) is 9.97 Å². The SMILES string of the molecule is Cc1cccc(-c2nc(N3CCN(c4ccccc4)C3=O)sc2-c2ccnc(C)c2)c1. The number of hydrogen-bond acceptors (Lipinski definition) is 4. The van der Waals surface area contributed by atoms with Crippen molar-refractivity contribution in [3.05, 3.63) is 84.2 Å². The summed E-state index contributed by atoms with van der Waals surface area (Å²) < 4.78 is 0. The fraction of sp³-hybridized carbons (Fsp3) is 0.160. The first kappa shape index (κ1) is 19.5. The van der Waals surface area contributed by atoms with Gasteiger partial charge in [0, 0.05) is 36.2 Å². The van der Waals surface area contributed by atoms with Crippen molar-refractivity contribution in [1.29, 1.82) is 0 Å². The molecule has 0 spiro atoms. The highest BCUT2D eigenvalue weighted by Crippen LogP contribution is 2.41. The molecular weight excluding hydrogens is 404 g/mol. The summed E-state index contributed by atoms with van der Waals surface area (Å²) in [4.78, 5) is 27.2. The highest BCUT2D eigenvalue weighted by molar-refractivity contribution is 7.19. The number of nitrogens with zero attached hydrogens (tertiary/aromatic N) is 4. The maximum Gasteiger partial charge on any atom is 0.330 e. The minimum Gasteiger partial charge on any atom is -0.292 e. The summed E-state index contributed by atoms with van der Waals surface area (Å²) in [5.41, 5.74) is 6.07. The van der Waals surface area contributed by atoms with Gasteiger partial charge in [0.15, 0.2) is 5.13 Å². The Bertz CT molecular complexity index is 1190. The van der Waals surface area contributed by atoms with E-state index in [2.05, 4.69) is 36.2 Å². The molecule has 154 valence electrons. The number of aryl methyl sites for hydroxylation is 2. The van der Waals surface area contributed by atoms with Crippen LogP contribution in [0.25, 0.3) is 21.7 Å². The molecule has 2 aromatic heterocycles. The fourth-order valence-electron chi connectivity index (χ4n) is 3.86. The van der Waals surface area contributed by atoms with E-state index in [1.54, 1.807) is 16.2 Å². The number of hydrogen-bond donors (Lipinski definition) is 0. The van der Waals surface area contributed by atoms with Crippen molar-refractivity contribution in [2.24, 2.45) is 0 Å². The molecule has 6 heteroatoms. The molecule has 31 heavy (non-hydrogen) atoms. The predicted octanol–water partition coefficient (Wildman–Crippen LogP) is 5.94. The normalized spacial score (nSPS) is 13.8. The molecular formula is C25H22N4OS. The molecule has 1 saturated heterocycles. The van der Waals surface area contributed by atoms with Crippen LogP contribution in [0.5, 0.6) is 0 Å². The highest BCUT2D eigenvalue weighted by atomic mass is 32.1. The van der Waals surface area contributed by atoms with Gasteiger partial charge >= 0.3 is 6.03 Å². The number of benzene rings is 2. The molecule has 5 rings (SSSR count). The van der Waals surface area contributed by atoms with Gasteiger partial charge in [-0.1, -0.05) is 53.3 Å². The number of amides is 2. The van der Waals surface area contributed by atoms with Crippen molar-refractivity contribution in [2.45, 2.75) is 13.8 Å². The fourth-order valence-corrected chi connectivity index (χ4v) is 4.96. The van der Waals surface area contributed by atoms with Gasteiger partial charge in [-0.2, -0.15) is 0 Å². The van der Waals surface area contributed by atoms with Crippen LogP contribution in [0.2, 0.25) is 0 Å². The highest BCUT2D eigenvalue weighted by Gasteiger charge is 2.33. The third-order valence-electron chi connectivity index (χ3n) is 5.37. The number of carbonyl (C=O) groups is 1. The molecule has 5 nitrogen and oxygen atoms in total. The van der Waals surface area contributed by atoms with Crippen molar-refractivity contribution in [3.8, 4) is 21.7 Å². The number of aromatic nitrogens is 2. The minimum absolute atomic E-state index is 0.0341. The van der Waals surface area contributed by atoms with Gasteiger partial charge in [0.1, 0.15) is 0 Å². The van der Waals surface area contributed by atoms with Crippen LogP contribution in [0.4, 0.5) is 15.6 Å². The maximum absolute atomic E-state index is 13.2. The monoisotopic (exact) mass is 426 g/mol. The molecule has 0 atom stereocenters. The van der Waals surface area contributed by atoms with Crippen LogP contribution in [0.3, 0.4) is 0 Å². The van der Waals surface area contributed by atoms with Crippen molar-refractivity contribution in [3.63, 3.8) is 0 Å². The summed E-state index contributed by atoms with van der Waals surface area (Å²) in [5.74, 6) is 0. The average Bonchev–Trinajstić information content (AvgIpc) is 3.38. The Labute approximate surface area is 185 Å². The van der Waals surface area contributed by atoms with E-state index < -0.39 is 0 Å². The molecule has 2 amide bonds. The van der Waals surface area contributed by atoms with Gasteiger partial charge in [0.05, 0.1) is 10.6 Å². The first-order valence-corrected chi connectivity index (χ1v) is 11.1. The van der Waals surface area contributed by atoms with Crippen LogP contribution in [-0.2, 0) is 0 Å². The summed E-state index contributed by atoms with van der Waals surface area (Å²) >= 11 is 1.56. The van der Waals surface area contributed by atoms with E-state index in [9.17, 15) is 4.79 Å². The second-order valence-corrected chi connectivity index (χ2v) is 8.63. The van der Waals surface area contributed by atoms with E-state index >= 15 is 0 Å². The van der Waals surface area contributed by atoms with Crippen LogP contribution in [0.15, 0.2) is 72.9 Å². The molecule has 0 aliphatic carbocycles. The zero-order valence-corrected chi connectivity index (χ0v) is 18.3. The number of urea groups is 1. The van der Waals surface area contributed by atoms with Crippen LogP contribution in [-0.4, -0.2) is 29.1 Å². The quantitative estimate of drug-likeness (QED) is 0.406. The van der Waals surface area contributed by atoms with E-state index in [1.165, 1.54) is 5.56 Å². The van der Waals surface area contributed by atoms with Gasteiger partial charge in [-0.25, -0.2) is 9.78 Å². The largest absolute Gasteiger partial charge is 0.330 e. The van der Waals surface area contributed by atoms with Crippen molar-refractivity contribution in [2.75, 3.05) is 22.9 Å². The summed E-state index contributed by atoms with van der Waals surface area (Å²) in [6, 6.07) is 22.2. The molecule has 1 aliphatic heterocycles. The van der Waals surface area contributed by atoms with Gasteiger partial charge in [0.25, 0.3) is 0 Å². The Balaban J connectivity index is 1.57.